The van der Waals surface area contributed by atoms with Gasteiger partial charge in [-0.25, -0.2) is 0 Å². The minimum Gasteiger partial charge on any atom is -0.315 e. The number of hydrogen-bond acceptors (Lipinski definition) is 3. The summed E-state index contributed by atoms with van der Waals surface area (Å²) in [5, 5.41) is 1.96. The number of halogens is 1. The Balaban J connectivity index is 2.30. The second-order valence-electron chi connectivity index (χ2n) is 3.69. The van der Waals surface area contributed by atoms with Crippen LogP contribution in [0.2, 0.25) is 0 Å². The zero-order valence-electron chi connectivity index (χ0n) is 8.06. The maximum atomic E-state index is 13.0. The molecule has 0 bridgehead atoms. The average Bonchev–Trinajstić information content (AvgIpc) is 2.67. The van der Waals surface area contributed by atoms with Crippen molar-refractivity contribution in [3.8, 4) is 0 Å². The van der Waals surface area contributed by atoms with Gasteiger partial charge in [-0.05, 0) is 5.56 Å². The van der Waals surface area contributed by atoms with E-state index in [-0.39, 0.29) is 12.5 Å². The van der Waals surface area contributed by atoms with Gasteiger partial charge in [0.2, 0.25) is 0 Å². The van der Waals surface area contributed by atoms with Crippen LogP contribution in [0.15, 0.2) is 30.3 Å². The van der Waals surface area contributed by atoms with Crippen LogP contribution in [0.5, 0.6) is 0 Å². The molecule has 1 fully saturated rings. The lowest BCUT2D eigenvalue weighted by Gasteiger charge is -2.14. The SMILES string of the molecule is O=S(=O)(F)[C@@H]1CNC[C@H]1c1ccccc1. The third-order valence-electron chi connectivity index (χ3n) is 2.75. The molecule has 0 unspecified atom stereocenters. The van der Waals surface area contributed by atoms with Crippen LogP contribution in [0, 0.1) is 0 Å². The van der Waals surface area contributed by atoms with Gasteiger partial charge in [0.15, 0.2) is 0 Å². The second kappa shape index (κ2) is 3.90. The van der Waals surface area contributed by atoms with Crippen LogP contribution >= 0.6 is 0 Å². The Kier molecular flexibility index (Phi) is 2.75. The van der Waals surface area contributed by atoms with E-state index in [9.17, 15) is 12.3 Å². The summed E-state index contributed by atoms with van der Waals surface area (Å²) in [6.45, 7) is 0.705. The molecule has 0 aromatic heterocycles. The fourth-order valence-electron chi connectivity index (χ4n) is 1.98. The Morgan fingerprint density at radius 1 is 1.20 bits per heavy atom. The standard InChI is InChI=1S/C10H12FNO2S/c11-15(13,14)10-7-12-6-9(10)8-4-2-1-3-5-8/h1-5,9-10,12H,6-7H2/t9-,10+/m0/s1. The summed E-state index contributed by atoms with van der Waals surface area (Å²) in [6.07, 6.45) is 0. The number of benzene rings is 1. The summed E-state index contributed by atoms with van der Waals surface area (Å²) in [5.41, 5.74) is 0.869. The summed E-state index contributed by atoms with van der Waals surface area (Å²) in [7, 11) is -4.46. The van der Waals surface area contributed by atoms with Crippen molar-refractivity contribution in [2.24, 2.45) is 0 Å². The molecule has 0 radical (unpaired) electrons. The minimum absolute atomic E-state index is 0.193. The first-order valence-corrected chi connectivity index (χ1v) is 6.23. The van der Waals surface area contributed by atoms with Gasteiger partial charge in [-0.1, -0.05) is 30.3 Å². The van der Waals surface area contributed by atoms with Gasteiger partial charge in [-0.2, -0.15) is 8.42 Å². The average molecular weight is 229 g/mol. The van der Waals surface area contributed by atoms with Crippen LogP contribution in [0.1, 0.15) is 11.5 Å². The van der Waals surface area contributed by atoms with E-state index in [0.29, 0.717) is 6.54 Å². The summed E-state index contributed by atoms with van der Waals surface area (Å²) in [5.74, 6) is -0.277. The molecule has 0 saturated carbocycles. The first kappa shape index (κ1) is 10.6. The molecule has 1 aromatic carbocycles. The summed E-state index contributed by atoms with van der Waals surface area (Å²) < 4.78 is 34.8. The topological polar surface area (TPSA) is 46.2 Å². The number of hydrogen-bond donors (Lipinski definition) is 1. The van der Waals surface area contributed by atoms with Gasteiger partial charge in [0.05, 0.1) is 0 Å². The monoisotopic (exact) mass is 229 g/mol. The molecule has 0 amide bonds. The normalized spacial score (nSPS) is 26.7. The highest BCUT2D eigenvalue weighted by Gasteiger charge is 2.38. The first-order chi connectivity index (χ1) is 7.09. The highest BCUT2D eigenvalue weighted by Crippen LogP contribution is 2.28. The molecule has 1 aromatic rings. The van der Waals surface area contributed by atoms with E-state index in [0.717, 1.165) is 5.56 Å². The molecule has 0 aliphatic carbocycles. The molecule has 2 rings (SSSR count). The van der Waals surface area contributed by atoms with Crippen molar-refractivity contribution in [2.45, 2.75) is 11.2 Å². The molecule has 1 N–H and O–H groups in total. The molecule has 1 saturated heterocycles. The summed E-state index contributed by atoms with van der Waals surface area (Å²) in [4.78, 5) is 0. The van der Waals surface area contributed by atoms with Crippen LogP contribution < -0.4 is 5.32 Å². The predicted molar refractivity (Wildman–Crippen MR) is 55.9 cm³/mol. The van der Waals surface area contributed by atoms with Crippen LogP contribution in [-0.4, -0.2) is 26.8 Å². The molecular weight excluding hydrogens is 217 g/mol. The van der Waals surface area contributed by atoms with Crippen molar-refractivity contribution >= 4 is 10.2 Å². The van der Waals surface area contributed by atoms with Gasteiger partial charge in [-0.3, -0.25) is 0 Å². The molecular formula is C10H12FNO2S. The van der Waals surface area contributed by atoms with E-state index < -0.39 is 15.5 Å². The Labute approximate surface area is 88.5 Å². The Morgan fingerprint density at radius 2 is 1.87 bits per heavy atom. The lowest BCUT2D eigenvalue weighted by atomic mass is 9.98. The number of nitrogens with one attached hydrogen (secondary N) is 1. The molecule has 2 atom stereocenters. The van der Waals surface area contributed by atoms with Gasteiger partial charge < -0.3 is 5.32 Å². The maximum Gasteiger partial charge on any atom is 0.307 e. The molecule has 82 valence electrons. The van der Waals surface area contributed by atoms with Crippen molar-refractivity contribution in [3.05, 3.63) is 35.9 Å². The van der Waals surface area contributed by atoms with Crippen molar-refractivity contribution in [3.63, 3.8) is 0 Å². The highest BCUT2D eigenvalue weighted by atomic mass is 32.3. The first-order valence-electron chi connectivity index (χ1n) is 4.78. The Morgan fingerprint density at radius 3 is 2.47 bits per heavy atom. The van der Waals surface area contributed by atoms with E-state index in [1.54, 1.807) is 0 Å². The molecule has 15 heavy (non-hydrogen) atoms. The van der Waals surface area contributed by atoms with Crippen LogP contribution in [-0.2, 0) is 10.2 Å². The van der Waals surface area contributed by atoms with Gasteiger partial charge in [-0.15, -0.1) is 3.89 Å². The van der Waals surface area contributed by atoms with E-state index in [2.05, 4.69) is 5.32 Å². The Hall–Kier alpha value is -0.940. The van der Waals surface area contributed by atoms with Crippen molar-refractivity contribution in [1.82, 2.24) is 5.32 Å². The van der Waals surface area contributed by atoms with Crippen molar-refractivity contribution in [1.29, 1.82) is 0 Å². The quantitative estimate of drug-likeness (QED) is 0.771. The third-order valence-corrected chi connectivity index (χ3v) is 3.97. The van der Waals surface area contributed by atoms with Crippen LogP contribution in [0.4, 0.5) is 3.89 Å². The third kappa shape index (κ3) is 2.18. The molecule has 1 aliphatic rings. The van der Waals surface area contributed by atoms with Crippen molar-refractivity contribution in [2.75, 3.05) is 13.1 Å². The predicted octanol–water partition coefficient (Wildman–Crippen LogP) is 1.04. The highest BCUT2D eigenvalue weighted by molar-refractivity contribution is 7.87. The Bertz CT molecular complexity index is 432. The largest absolute Gasteiger partial charge is 0.315 e. The minimum atomic E-state index is -4.46. The van der Waals surface area contributed by atoms with E-state index in [1.807, 2.05) is 30.3 Å². The van der Waals surface area contributed by atoms with Gasteiger partial charge in [0.1, 0.15) is 5.25 Å². The zero-order chi connectivity index (χ0) is 10.9. The van der Waals surface area contributed by atoms with E-state index in [4.69, 9.17) is 0 Å². The van der Waals surface area contributed by atoms with Gasteiger partial charge >= 0.3 is 10.2 Å². The van der Waals surface area contributed by atoms with E-state index in [1.165, 1.54) is 0 Å². The van der Waals surface area contributed by atoms with Crippen LogP contribution in [0.25, 0.3) is 0 Å². The zero-order valence-corrected chi connectivity index (χ0v) is 8.87. The van der Waals surface area contributed by atoms with Gasteiger partial charge in [0.25, 0.3) is 0 Å². The molecule has 0 spiro atoms. The molecule has 1 heterocycles. The fraction of sp³-hybridized carbons (Fsp3) is 0.400. The summed E-state index contributed by atoms with van der Waals surface area (Å²) >= 11 is 0. The lowest BCUT2D eigenvalue weighted by Crippen LogP contribution is -2.24. The van der Waals surface area contributed by atoms with Crippen LogP contribution in [0.3, 0.4) is 0 Å². The van der Waals surface area contributed by atoms with Crippen molar-refractivity contribution < 1.29 is 12.3 Å². The maximum absolute atomic E-state index is 13.0. The summed E-state index contributed by atoms with van der Waals surface area (Å²) in [6, 6.07) is 9.17. The molecule has 3 nitrogen and oxygen atoms in total. The van der Waals surface area contributed by atoms with Gasteiger partial charge in [0, 0.05) is 19.0 Å². The fourth-order valence-corrected chi connectivity index (χ4v) is 2.95. The number of rotatable bonds is 2. The smallest absolute Gasteiger partial charge is 0.307 e. The molecule has 5 heteroatoms. The molecule has 1 aliphatic heterocycles. The van der Waals surface area contributed by atoms with E-state index >= 15 is 0 Å². The second-order valence-corrected chi connectivity index (χ2v) is 5.25. The lowest BCUT2D eigenvalue weighted by molar-refractivity contribution is 0.530.